The monoisotopic (exact) mass is 273 g/mol. The average molecular weight is 273 g/mol. The summed E-state index contributed by atoms with van der Waals surface area (Å²) in [5.41, 5.74) is 3.11. The van der Waals surface area contributed by atoms with Crippen LogP contribution in [0.2, 0.25) is 0 Å². The van der Waals surface area contributed by atoms with Gasteiger partial charge in [0.1, 0.15) is 5.52 Å². The van der Waals surface area contributed by atoms with Crippen LogP contribution in [0.4, 0.5) is 0 Å². The summed E-state index contributed by atoms with van der Waals surface area (Å²) >= 11 is 0. The Morgan fingerprint density at radius 3 is 2.35 bits per heavy atom. The molecule has 5 nitrogen and oxygen atoms in total. The molecule has 1 aliphatic heterocycles. The molecule has 2 aromatic heterocycles. The maximum atomic E-state index is 6.05. The summed E-state index contributed by atoms with van der Waals surface area (Å²) in [6.45, 7) is 10.2. The average Bonchev–Trinajstić information content (AvgIpc) is 2.74. The second-order valence-electron chi connectivity index (χ2n) is 6.43. The summed E-state index contributed by atoms with van der Waals surface area (Å²) in [6.07, 6.45) is 1.82. The van der Waals surface area contributed by atoms with E-state index in [4.69, 9.17) is 9.31 Å². The molecular weight excluding hydrogens is 253 g/mol. The van der Waals surface area contributed by atoms with Gasteiger partial charge in [0, 0.05) is 18.7 Å². The van der Waals surface area contributed by atoms with Crippen LogP contribution >= 0.6 is 0 Å². The Labute approximate surface area is 119 Å². The molecule has 1 fully saturated rings. The first-order valence-corrected chi connectivity index (χ1v) is 6.86. The number of fused-ring (bicyclic) bond motifs is 1. The van der Waals surface area contributed by atoms with Crippen molar-refractivity contribution in [1.82, 2.24) is 14.8 Å². The Morgan fingerprint density at radius 2 is 1.75 bits per heavy atom. The lowest BCUT2D eigenvalue weighted by Crippen LogP contribution is -2.41. The number of rotatable bonds is 1. The van der Waals surface area contributed by atoms with Crippen molar-refractivity contribution in [2.24, 2.45) is 7.05 Å². The fourth-order valence-corrected chi connectivity index (χ4v) is 2.43. The molecule has 0 radical (unpaired) electrons. The van der Waals surface area contributed by atoms with Gasteiger partial charge in [-0.05, 0) is 40.7 Å². The third-order valence-electron chi connectivity index (χ3n) is 4.41. The van der Waals surface area contributed by atoms with Gasteiger partial charge in [0.25, 0.3) is 0 Å². The van der Waals surface area contributed by atoms with Gasteiger partial charge in [0.2, 0.25) is 0 Å². The molecule has 2 aromatic rings. The van der Waals surface area contributed by atoms with Gasteiger partial charge < -0.3 is 9.31 Å². The lowest BCUT2D eigenvalue weighted by Gasteiger charge is -2.32. The molecule has 3 heterocycles. The van der Waals surface area contributed by atoms with E-state index in [0.29, 0.717) is 0 Å². The van der Waals surface area contributed by atoms with E-state index in [1.54, 1.807) is 0 Å². The molecule has 0 unspecified atom stereocenters. The molecule has 0 aliphatic carbocycles. The van der Waals surface area contributed by atoms with Crippen molar-refractivity contribution in [2.45, 2.75) is 45.8 Å². The van der Waals surface area contributed by atoms with E-state index in [9.17, 15) is 0 Å². The standard InChI is InChI=1S/C14H20BN3O2/c1-9-12-11(18(6)17-9)7-10(8-16-12)15-19-13(2,3)14(4,5)20-15/h7-8H,1-6H3. The highest BCUT2D eigenvalue weighted by Gasteiger charge is 2.51. The predicted octanol–water partition coefficient (Wildman–Crippen LogP) is 1.58. The first kappa shape index (κ1) is 13.6. The molecule has 0 amide bonds. The summed E-state index contributed by atoms with van der Waals surface area (Å²) in [5.74, 6) is 0. The van der Waals surface area contributed by atoms with Crippen LogP contribution in [0.1, 0.15) is 33.4 Å². The third-order valence-corrected chi connectivity index (χ3v) is 4.41. The molecule has 3 rings (SSSR count). The summed E-state index contributed by atoms with van der Waals surface area (Å²) in [6, 6.07) is 2.05. The van der Waals surface area contributed by atoms with Crippen LogP contribution in [0, 0.1) is 6.92 Å². The van der Waals surface area contributed by atoms with E-state index in [1.165, 1.54) is 0 Å². The minimum Gasteiger partial charge on any atom is -0.399 e. The van der Waals surface area contributed by atoms with Gasteiger partial charge in [0.15, 0.2) is 0 Å². The molecule has 0 aromatic carbocycles. The van der Waals surface area contributed by atoms with Crippen molar-refractivity contribution in [2.75, 3.05) is 0 Å². The zero-order chi connectivity index (χ0) is 14.7. The second-order valence-corrected chi connectivity index (χ2v) is 6.43. The van der Waals surface area contributed by atoms with Crippen molar-refractivity contribution in [3.05, 3.63) is 18.0 Å². The number of hydrogen-bond donors (Lipinski definition) is 0. The van der Waals surface area contributed by atoms with E-state index >= 15 is 0 Å². The molecule has 20 heavy (non-hydrogen) atoms. The minimum absolute atomic E-state index is 0.338. The summed E-state index contributed by atoms with van der Waals surface area (Å²) in [4.78, 5) is 4.50. The summed E-state index contributed by atoms with van der Waals surface area (Å²) < 4.78 is 13.9. The van der Waals surface area contributed by atoms with Gasteiger partial charge in [-0.2, -0.15) is 5.10 Å². The highest BCUT2D eigenvalue weighted by Crippen LogP contribution is 2.36. The van der Waals surface area contributed by atoms with Crippen molar-refractivity contribution in [3.63, 3.8) is 0 Å². The smallest absolute Gasteiger partial charge is 0.399 e. The van der Waals surface area contributed by atoms with Crippen molar-refractivity contribution < 1.29 is 9.31 Å². The Kier molecular flexibility index (Phi) is 2.75. The maximum Gasteiger partial charge on any atom is 0.496 e. The van der Waals surface area contributed by atoms with Crippen LogP contribution in [-0.2, 0) is 16.4 Å². The fourth-order valence-electron chi connectivity index (χ4n) is 2.43. The summed E-state index contributed by atoms with van der Waals surface area (Å²) in [5, 5.41) is 4.39. The highest BCUT2D eigenvalue weighted by molar-refractivity contribution is 6.62. The Morgan fingerprint density at radius 1 is 1.15 bits per heavy atom. The van der Waals surface area contributed by atoms with Gasteiger partial charge in [0.05, 0.1) is 22.4 Å². The van der Waals surface area contributed by atoms with Crippen LogP contribution in [0.3, 0.4) is 0 Å². The minimum atomic E-state index is -0.382. The van der Waals surface area contributed by atoms with Gasteiger partial charge >= 0.3 is 7.12 Å². The molecule has 106 valence electrons. The van der Waals surface area contributed by atoms with Gasteiger partial charge in [-0.3, -0.25) is 9.67 Å². The van der Waals surface area contributed by atoms with Crippen LogP contribution in [0.5, 0.6) is 0 Å². The van der Waals surface area contributed by atoms with E-state index in [-0.39, 0.29) is 18.3 Å². The number of hydrogen-bond acceptors (Lipinski definition) is 4. The molecule has 0 atom stereocenters. The topological polar surface area (TPSA) is 49.2 Å². The molecule has 0 N–H and O–H groups in total. The number of pyridine rings is 1. The number of nitrogens with zero attached hydrogens (tertiary/aromatic N) is 3. The van der Waals surface area contributed by atoms with E-state index < -0.39 is 0 Å². The zero-order valence-electron chi connectivity index (χ0n) is 12.9. The SMILES string of the molecule is Cc1nn(C)c2cc(B3OC(C)(C)C(C)(C)O3)cnc12. The van der Waals surface area contributed by atoms with Crippen molar-refractivity contribution in [1.29, 1.82) is 0 Å². The maximum absolute atomic E-state index is 6.05. The molecule has 1 aliphatic rings. The molecular formula is C14H20BN3O2. The van der Waals surface area contributed by atoms with Crippen LogP contribution in [0.25, 0.3) is 11.0 Å². The molecule has 0 spiro atoms. The predicted molar refractivity (Wildman–Crippen MR) is 79.0 cm³/mol. The normalized spacial score (nSPS) is 20.8. The second kappa shape index (κ2) is 4.05. The Bertz CT molecular complexity index is 662. The molecule has 0 bridgehead atoms. The molecule has 6 heteroatoms. The highest BCUT2D eigenvalue weighted by atomic mass is 16.7. The van der Waals surface area contributed by atoms with Gasteiger partial charge in [-0.15, -0.1) is 0 Å². The lowest BCUT2D eigenvalue weighted by molar-refractivity contribution is 0.00578. The van der Waals surface area contributed by atoms with Crippen molar-refractivity contribution in [3.8, 4) is 0 Å². The van der Waals surface area contributed by atoms with Crippen LogP contribution < -0.4 is 5.46 Å². The molecule has 1 saturated heterocycles. The Balaban J connectivity index is 2.02. The molecule has 0 saturated carbocycles. The van der Waals surface area contributed by atoms with E-state index in [2.05, 4.69) is 10.1 Å². The van der Waals surface area contributed by atoms with Crippen molar-refractivity contribution >= 4 is 23.6 Å². The number of aryl methyl sites for hydroxylation is 2. The third kappa shape index (κ3) is 1.86. The van der Waals surface area contributed by atoms with E-state index in [1.807, 2.05) is 58.6 Å². The largest absolute Gasteiger partial charge is 0.496 e. The van der Waals surface area contributed by atoms with Gasteiger partial charge in [-0.1, -0.05) is 0 Å². The number of aromatic nitrogens is 3. The fraction of sp³-hybridized carbons (Fsp3) is 0.571. The Hall–Kier alpha value is -1.40. The van der Waals surface area contributed by atoms with E-state index in [0.717, 1.165) is 22.2 Å². The van der Waals surface area contributed by atoms with Crippen LogP contribution in [0.15, 0.2) is 12.3 Å². The van der Waals surface area contributed by atoms with Crippen LogP contribution in [-0.4, -0.2) is 33.1 Å². The summed E-state index contributed by atoms with van der Waals surface area (Å²) in [7, 11) is 1.54. The first-order chi connectivity index (χ1) is 9.21. The quantitative estimate of drug-likeness (QED) is 0.740. The lowest BCUT2D eigenvalue weighted by atomic mass is 9.80. The first-order valence-electron chi connectivity index (χ1n) is 6.86. The van der Waals surface area contributed by atoms with Gasteiger partial charge in [-0.25, -0.2) is 0 Å². The zero-order valence-corrected chi connectivity index (χ0v) is 12.9.